The highest BCUT2D eigenvalue weighted by Crippen LogP contribution is 2.37. The summed E-state index contributed by atoms with van der Waals surface area (Å²) in [6, 6.07) is 45.8. The first-order valence-electron chi connectivity index (χ1n) is 15.0. The quantitative estimate of drug-likeness (QED) is 0.165. The van der Waals surface area contributed by atoms with Gasteiger partial charge in [0.2, 0.25) is 0 Å². The summed E-state index contributed by atoms with van der Waals surface area (Å²) in [5.41, 5.74) is 0.830. The molecule has 0 aliphatic heterocycles. The fourth-order valence-electron chi connectivity index (χ4n) is 6.95. The van der Waals surface area contributed by atoms with Crippen molar-refractivity contribution in [3.8, 4) is 0 Å². The monoisotopic (exact) mass is 565 g/mol. The van der Waals surface area contributed by atoms with Crippen LogP contribution in [-0.2, 0) is 4.79 Å². The second kappa shape index (κ2) is 9.16. The van der Waals surface area contributed by atoms with Crippen LogP contribution in [0.15, 0.2) is 127 Å². The molecule has 208 valence electrons. The molecule has 0 aliphatic carbocycles. The Bertz CT molecular complexity index is 2690. The molecule has 0 saturated carbocycles. The van der Waals surface area contributed by atoms with Gasteiger partial charge in [-0.25, -0.2) is 0 Å². The highest BCUT2D eigenvalue weighted by molar-refractivity contribution is 6.18. The van der Waals surface area contributed by atoms with Crippen molar-refractivity contribution in [3.05, 3.63) is 127 Å². The molecular formula is C41H27NO2. The van der Waals surface area contributed by atoms with Gasteiger partial charge < -0.3 is 10.4 Å². The Hall–Kier alpha value is -5.67. The van der Waals surface area contributed by atoms with E-state index in [1.165, 1.54) is 70.0 Å². The van der Waals surface area contributed by atoms with Gasteiger partial charge in [0.25, 0.3) is 0 Å². The van der Waals surface area contributed by atoms with Crippen LogP contribution in [0.5, 0.6) is 0 Å². The number of anilines is 1. The molecule has 0 radical (unpaired) electrons. The minimum Gasteiger partial charge on any atom is -0.480 e. The molecule has 0 amide bonds. The van der Waals surface area contributed by atoms with Crippen LogP contribution in [0, 0.1) is 0 Å². The molecule has 3 nitrogen and oxygen atoms in total. The second-order valence-corrected chi connectivity index (χ2v) is 12.1. The fraction of sp³-hybridized carbons (Fsp3) is 0.0488. The summed E-state index contributed by atoms with van der Waals surface area (Å²) in [5.74, 6) is -0.873. The van der Waals surface area contributed by atoms with Gasteiger partial charge >= 0.3 is 5.97 Å². The largest absolute Gasteiger partial charge is 0.480 e. The van der Waals surface area contributed by atoms with Gasteiger partial charge in [0, 0.05) is 11.1 Å². The molecule has 0 aromatic heterocycles. The summed E-state index contributed by atoms with van der Waals surface area (Å²) in [5, 5.41) is 31.9. The topological polar surface area (TPSA) is 49.3 Å². The number of nitrogens with one attached hydrogen (secondary N) is 1. The minimum atomic E-state index is -0.873. The Morgan fingerprint density at radius 3 is 1.30 bits per heavy atom. The molecule has 0 fully saturated rings. The van der Waals surface area contributed by atoms with E-state index in [0.717, 1.165) is 21.8 Å². The first-order chi connectivity index (χ1) is 21.5. The lowest BCUT2D eigenvalue weighted by Gasteiger charge is -2.14. The number of hydrogen-bond donors (Lipinski definition) is 2. The van der Waals surface area contributed by atoms with Gasteiger partial charge in [-0.2, -0.15) is 0 Å². The molecule has 0 aliphatic rings. The van der Waals surface area contributed by atoms with Crippen molar-refractivity contribution in [3.63, 3.8) is 0 Å². The summed E-state index contributed by atoms with van der Waals surface area (Å²) in [6.45, 7) is 1.67. The van der Waals surface area contributed by atoms with E-state index < -0.39 is 12.0 Å². The molecule has 9 rings (SSSR count). The van der Waals surface area contributed by atoms with Gasteiger partial charge in [-0.1, -0.05) is 48.5 Å². The first kappa shape index (κ1) is 24.9. The van der Waals surface area contributed by atoms with Crippen LogP contribution < -0.4 is 5.32 Å². The lowest BCUT2D eigenvalue weighted by molar-refractivity contribution is -0.137. The van der Waals surface area contributed by atoms with Crippen LogP contribution in [0.2, 0.25) is 0 Å². The molecule has 2 N–H and O–H groups in total. The van der Waals surface area contributed by atoms with E-state index in [2.05, 4.69) is 121 Å². The maximum absolute atomic E-state index is 11.5. The maximum Gasteiger partial charge on any atom is 0.325 e. The van der Waals surface area contributed by atoms with Crippen molar-refractivity contribution in [2.24, 2.45) is 0 Å². The van der Waals surface area contributed by atoms with E-state index in [1.54, 1.807) is 6.92 Å². The number of hydrogen-bond acceptors (Lipinski definition) is 2. The summed E-state index contributed by atoms with van der Waals surface area (Å²) in [6.07, 6.45) is 0. The molecule has 0 saturated heterocycles. The molecule has 3 heteroatoms. The zero-order chi connectivity index (χ0) is 29.5. The third kappa shape index (κ3) is 3.86. The van der Waals surface area contributed by atoms with Crippen molar-refractivity contribution in [1.82, 2.24) is 0 Å². The van der Waals surface area contributed by atoms with Gasteiger partial charge in [0.1, 0.15) is 6.04 Å². The maximum atomic E-state index is 11.5. The van der Waals surface area contributed by atoms with Crippen LogP contribution in [0.4, 0.5) is 5.69 Å². The number of carbonyl (C=O) groups is 1. The smallest absolute Gasteiger partial charge is 0.325 e. The van der Waals surface area contributed by atoms with E-state index >= 15 is 0 Å². The second-order valence-electron chi connectivity index (χ2n) is 12.1. The summed E-state index contributed by atoms with van der Waals surface area (Å²) < 4.78 is 0. The molecule has 1 atom stereocenters. The van der Waals surface area contributed by atoms with Crippen molar-refractivity contribution in [1.29, 1.82) is 0 Å². The first-order valence-corrected chi connectivity index (χ1v) is 15.0. The van der Waals surface area contributed by atoms with Crippen LogP contribution in [0.25, 0.3) is 86.2 Å². The third-order valence-electron chi connectivity index (χ3n) is 9.26. The predicted octanol–water partition coefficient (Wildman–Crippen LogP) is 10.8. The Kier molecular flexibility index (Phi) is 5.18. The number of carboxylic acid groups (broad SMARTS) is 1. The third-order valence-corrected chi connectivity index (χ3v) is 9.26. The molecule has 9 aromatic rings. The average Bonchev–Trinajstić information content (AvgIpc) is 3.03. The Morgan fingerprint density at radius 1 is 0.455 bits per heavy atom. The number of fused-ring (bicyclic) bond motifs is 9. The number of carboxylic acids is 1. The zero-order valence-corrected chi connectivity index (χ0v) is 24.1. The van der Waals surface area contributed by atoms with Crippen molar-refractivity contribution in [2.45, 2.75) is 13.0 Å². The van der Waals surface area contributed by atoms with Crippen molar-refractivity contribution in [2.75, 3.05) is 5.32 Å². The Morgan fingerprint density at radius 2 is 0.818 bits per heavy atom. The normalized spacial score (nSPS) is 12.8. The van der Waals surface area contributed by atoms with Gasteiger partial charge in [-0.3, -0.25) is 4.79 Å². The standard InChI is InChI=1S/C41H27NO2/c1-23(41(43)44)42-40-8-4-7-26-13-31-17-33-15-28-10-9-27-14-32-16-29-11-24-5-2-3-6-25(24)12-30(29)18-34(32)20-37(27)38(28)21-35(33)19-36(31)22-39(26)40/h2-23,42H,1H3,(H,43,44). The van der Waals surface area contributed by atoms with Gasteiger partial charge in [-0.05, 0) is 167 Å². The predicted molar refractivity (Wildman–Crippen MR) is 187 cm³/mol. The van der Waals surface area contributed by atoms with Crippen LogP contribution in [0.1, 0.15) is 6.92 Å². The molecule has 0 bridgehead atoms. The highest BCUT2D eigenvalue weighted by Gasteiger charge is 2.13. The van der Waals surface area contributed by atoms with E-state index in [1.807, 2.05) is 12.1 Å². The van der Waals surface area contributed by atoms with E-state index in [9.17, 15) is 9.90 Å². The van der Waals surface area contributed by atoms with E-state index in [-0.39, 0.29) is 0 Å². The SMILES string of the molecule is CC(Nc1cccc2cc3cc4cc5ccc6cc7cc8cc9ccccc9cc8cc7cc6c5cc4cc3cc12)C(=O)O. The molecule has 44 heavy (non-hydrogen) atoms. The molecule has 0 spiro atoms. The van der Waals surface area contributed by atoms with Gasteiger partial charge in [0.05, 0.1) is 0 Å². The van der Waals surface area contributed by atoms with E-state index in [0.29, 0.717) is 0 Å². The lowest BCUT2D eigenvalue weighted by atomic mass is 9.93. The number of rotatable bonds is 3. The molecule has 1 unspecified atom stereocenters. The van der Waals surface area contributed by atoms with Crippen molar-refractivity contribution >= 4 is 97.8 Å². The summed E-state index contributed by atoms with van der Waals surface area (Å²) >= 11 is 0. The molecule has 0 heterocycles. The number of aliphatic carboxylic acids is 1. The van der Waals surface area contributed by atoms with Crippen LogP contribution in [0.3, 0.4) is 0 Å². The number of benzene rings is 9. The van der Waals surface area contributed by atoms with Crippen LogP contribution >= 0.6 is 0 Å². The average molecular weight is 566 g/mol. The van der Waals surface area contributed by atoms with E-state index in [4.69, 9.17) is 0 Å². The van der Waals surface area contributed by atoms with Crippen LogP contribution in [-0.4, -0.2) is 17.1 Å². The van der Waals surface area contributed by atoms with Gasteiger partial charge in [0.15, 0.2) is 0 Å². The fourth-order valence-corrected chi connectivity index (χ4v) is 6.95. The van der Waals surface area contributed by atoms with Gasteiger partial charge in [-0.15, -0.1) is 0 Å². The lowest BCUT2D eigenvalue weighted by Crippen LogP contribution is -2.25. The summed E-state index contributed by atoms with van der Waals surface area (Å²) in [7, 11) is 0. The van der Waals surface area contributed by atoms with Crippen molar-refractivity contribution < 1.29 is 9.90 Å². The zero-order valence-electron chi connectivity index (χ0n) is 24.1. The Balaban J connectivity index is 1.25. The molecule has 9 aromatic carbocycles. The molecular weight excluding hydrogens is 538 g/mol. The highest BCUT2D eigenvalue weighted by atomic mass is 16.4. The summed E-state index contributed by atoms with van der Waals surface area (Å²) in [4.78, 5) is 11.5. The Labute approximate surface area is 252 Å². The minimum absolute atomic E-state index is 0.680.